The summed E-state index contributed by atoms with van der Waals surface area (Å²) < 4.78 is 26.4. The van der Waals surface area contributed by atoms with Crippen LogP contribution in [0.4, 0.5) is 14.5 Å². The van der Waals surface area contributed by atoms with Crippen molar-refractivity contribution in [1.82, 2.24) is 9.80 Å². The van der Waals surface area contributed by atoms with Gasteiger partial charge in [-0.1, -0.05) is 0 Å². The maximum atomic E-state index is 14.2. The highest BCUT2D eigenvalue weighted by Gasteiger charge is 2.66. The van der Waals surface area contributed by atoms with Gasteiger partial charge in [0.15, 0.2) is 11.4 Å². The van der Waals surface area contributed by atoms with E-state index >= 15 is 0 Å². The number of likely N-dealkylation sites (N-methyl/N-ethyl adjacent to an activating group) is 1. The summed E-state index contributed by atoms with van der Waals surface area (Å²) in [5.41, 5.74) is 1.99. The van der Waals surface area contributed by atoms with Crippen LogP contribution in [0.5, 0.6) is 5.75 Å². The van der Waals surface area contributed by atoms with Gasteiger partial charge in [-0.2, -0.15) is 0 Å². The van der Waals surface area contributed by atoms with Crippen LogP contribution in [0.1, 0.15) is 34.3 Å². The van der Waals surface area contributed by atoms with Crippen molar-refractivity contribution in [2.75, 3.05) is 46.2 Å². The molecule has 0 radical (unpaired) electrons. The van der Waals surface area contributed by atoms with Crippen molar-refractivity contribution < 1.29 is 48.7 Å². The molecule has 1 aromatic rings. The van der Waals surface area contributed by atoms with Crippen molar-refractivity contribution in [3.8, 4) is 5.75 Å². The lowest BCUT2D eigenvalue weighted by Gasteiger charge is -2.52. The summed E-state index contributed by atoms with van der Waals surface area (Å²) in [5, 5.41) is 57.4. The molecule has 0 spiro atoms. The number of amides is 1. The third-order valence-corrected chi connectivity index (χ3v) is 9.72. The number of carbonyl (C=O) groups is 3. The molecule has 4 aliphatic rings. The summed E-state index contributed by atoms with van der Waals surface area (Å²) in [7, 11) is 6.40. The molecule has 44 heavy (non-hydrogen) atoms. The number of aliphatic hydroxyl groups is 4. The van der Waals surface area contributed by atoms with Crippen LogP contribution in [0, 0.1) is 17.8 Å². The SMILES string of the molecule is CN(C)c1cc(CN2CCC(C(F)F)CC2)c(O)c2c1C[C@@H]1C(=C(O)[C@]3(O)C(=O)C(C(N)=O)=C(O)[C@@H](N(C)C)[C@@H]3[C@H]1O)C2=O. The number of likely N-dealkylation sites (tertiary alicyclic amines) is 1. The molecule has 1 saturated heterocycles. The molecule has 12 nitrogen and oxygen atoms in total. The number of fused-ring (bicyclic) bond motifs is 3. The quantitative estimate of drug-likeness (QED) is 0.245. The molecule has 1 heterocycles. The molecule has 1 amide bonds. The molecule has 0 saturated carbocycles. The molecule has 3 aliphatic carbocycles. The lowest BCUT2D eigenvalue weighted by Crippen LogP contribution is -2.68. The van der Waals surface area contributed by atoms with Gasteiger partial charge in [-0.25, -0.2) is 8.78 Å². The zero-order chi connectivity index (χ0) is 32.6. The van der Waals surface area contributed by atoms with Gasteiger partial charge in [-0.15, -0.1) is 0 Å². The second-order valence-electron chi connectivity index (χ2n) is 12.6. The van der Waals surface area contributed by atoms with Crippen molar-refractivity contribution in [3.05, 3.63) is 45.4 Å². The highest BCUT2D eigenvalue weighted by Crippen LogP contribution is 2.53. The van der Waals surface area contributed by atoms with E-state index < -0.39 is 87.8 Å². The first-order valence-corrected chi connectivity index (χ1v) is 14.4. The standard InChI is InChI=1S/C30H38F2N4O8/c1-34(2)16-9-13(11-36-7-5-12(6-8-36)28(31)32)22(37)17-14(16)10-15-18(24(17)39)26(41)30(44)20(23(15)38)21(35(3)4)25(40)19(27(30)42)29(33)43/h9,12,15,20-21,23,28,37-38,40-41,44H,5-8,10-11H2,1-4H3,(H2,33,43)/t15-,20-,21+,23+,30+/m1/s1. The third-order valence-electron chi connectivity index (χ3n) is 9.72. The van der Waals surface area contributed by atoms with Gasteiger partial charge in [0.1, 0.15) is 22.8 Å². The Kier molecular flexibility index (Phi) is 8.02. The van der Waals surface area contributed by atoms with Crippen LogP contribution in [0.15, 0.2) is 28.7 Å². The van der Waals surface area contributed by atoms with Crippen molar-refractivity contribution >= 4 is 23.2 Å². The smallest absolute Gasteiger partial charge is 0.255 e. The Morgan fingerprint density at radius 1 is 1.14 bits per heavy atom. The topological polar surface area (TPSA) is 188 Å². The number of primary amides is 1. The zero-order valence-corrected chi connectivity index (χ0v) is 24.9. The molecular formula is C30H38F2N4O8. The van der Waals surface area contributed by atoms with E-state index in [0.29, 0.717) is 29.9 Å². The Hall–Kier alpha value is -3.59. The number of carbonyl (C=O) groups excluding carboxylic acids is 3. The first-order chi connectivity index (χ1) is 20.5. The maximum Gasteiger partial charge on any atom is 0.255 e. The van der Waals surface area contributed by atoms with E-state index in [9.17, 15) is 48.7 Å². The average Bonchev–Trinajstić information content (AvgIpc) is 2.94. The van der Waals surface area contributed by atoms with Crippen LogP contribution in [-0.2, 0) is 22.6 Å². The number of ketones is 2. The molecule has 5 atom stereocenters. The predicted molar refractivity (Wildman–Crippen MR) is 153 cm³/mol. The summed E-state index contributed by atoms with van der Waals surface area (Å²) in [6.07, 6.45) is -3.62. The average molecular weight is 621 g/mol. The summed E-state index contributed by atoms with van der Waals surface area (Å²) in [4.78, 5) is 44.9. The largest absolute Gasteiger partial charge is 0.510 e. The summed E-state index contributed by atoms with van der Waals surface area (Å²) in [5.74, 6) is -9.45. The van der Waals surface area contributed by atoms with E-state index in [1.54, 1.807) is 25.1 Å². The highest BCUT2D eigenvalue weighted by molar-refractivity contribution is 6.25. The Morgan fingerprint density at radius 2 is 1.75 bits per heavy atom. The van der Waals surface area contributed by atoms with E-state index in [1.807, 2.05) is 4.90 Å². The lowest BCUT2D eigenvalue weighted by molar-refractivity contribution is -0.161. The number of phenolic OH excluding ortho intramolecular Hbond substituents is 1. The zero-order valence-electron chi connectivity index (χ0n) is 24.9. The number of piperidine rings is 1. The number of nitrogens with zero attached hydrogens (tertiary/aromatic N) is 3. The molecule has 7 N–H and O–H groups in total. The van der Waals surface area contributed by atoms with Crippen LogP contribution in [0.25, 0.3) is 0 Å². The normalized spacial score (nSPS) is 29.7. The van der Waals surface area contributed by atoms with E-state index in [0.717, 1.165) is 0 Å². The molecule has 240 valence electrons. The first-order valence-electron chi connectivity index (χ1n) is 14.4. The fourth-order valence-electron chi connectivity index (χ4n) is 7.49. The summed E-state index contributed by atoms with van der Waals surface area (Å²) in [6.45, 7) is 0.883. The van der Waals surface area contributed by atoms with Crippen LogP contribution < -0.4 is 10.6 Å². The molecule has 5 rings (SSSR count). The molecular weight excluding hydrogens is 582 g/mol. The number of anilines is 1. The first kappa shape index (κ1) is 31.8. The predicted octanol–water partition coefficient (Wildman–Crippen LogP) is 0.635. The van der Waals surface area contributed by atoms with Gasteiger partial charge in [0.25, 0.3) is 5.91 Å². The lowest BCUT2D eigenvalue weighted by atomic mass is 9.57. The Morgan fingerprint density at radius 3 is 2.27 bits per heavy atom. The fraction of sp³-hybridized carbons (Fsp3) is 0.567. The number of rotatable bonds is 6. The number of nitrogens with two attached hydrogens (primary N) is 1. The third kappa shape index (κ3) is 4.57. The molecule has 1 aromatic carbocycles. The van der Waals surface area contributed by atoms with Crippen LogP contribution >= 0.6 is 0 Å². The molecule has 0 bridgehead atoms. The van der Waals surface area contributed by atoms with Gasteiger partial charge in [0.05, 0.1) is 23.6 Å². The van der Waals surface area contributed by atoms with Crippen molar-refractivity contribution in [2.45, 2.75) is 50.0 Å². The molecule has 0 aromatic heterocycles. The van der Waals surface area contributed by atoms with Gasteiger partial charge in [0.2, 0.25) is 12.2 Å². The van der Waals surface area contributed by atoms with Gasteiger partial charge in [-0.3, -0.25) is 24.2 Å². The van der Waals surface area contributed by atoms with E-state index in [2.05, 4.69) is 0 Å². The molecule has 14 heteroatoms. The number of hydrogen-bond donors (Lipinski definition) is 6. The van der Waals surface area contributed by atoms with E-state index in [4.69, 9.17) is 5.73 Å². The number of aromatic hydroxyl groups is 1. The number of Topliss-reactive ketones (excluding diaryl/α,β-unsaturated/α-hetero) is 2. The van der Waals surface area contributed by atoms with Gasteiger partial charge in [0, 0.05) is 49.3 Å². The van der Waals surface area contributed by atoms with Crippen molar-refractivity contribution in [2.24, 2.45) is 23.5 Å². The number of aliphatic hydroxyl groups excluding tert-OH is 3. The number of phenols is 1. The maximum absolute atomic E-state index is 14.2. The van der Waals surface area contributed by atoms with Crippen molar-refractivity contribution in [3.63, 3.8) is 0 Å². The van der Waals surface area contributed by atoms with Gasteiger partial charge in [-0.05, 0) is 58.1 Å². The van der Waals surface area contributed by atoms with Crippen molar-refractivity contribution in [1.29, 1.82) is 0 Å². The van der Waals surface area contributed by atoms with E-state index in [-0.39, 0.29) is 31.4 Å². The van der Waals surface area contributed by atoms with E-state index in [1.165, 1.54) is 19.0 Å². The minimum absolute atomic E-state index is 0.0865. The molecule has 1 aliphatic heterocycles. The van der Waals surface area contributed by atoms with Crippen LogP contribution in [-0.4, -0.2) is 118 Å². The van der Waals surface area contributed by atoms with Crippen LogP contribution in [0.3, 0.4) is 0 Å². The minimum Gasteiger partial charge on any atom is -0.510 e. The summed E-state index contributed by atoms with van der Waals surface area (Å²) >= 11 is 0. The highest BCUT2D eigenvalue weighted by atomic mass is 19.3. The second kappa shape index (κ2) is 11.1. The monoisotopic (exact) mass is 620 g/mol. The Labute approximate surface area is 252 Å². The number of halogens is 2. The number of benzene rings is 1. The fourth-order valence-corrected chi connectivity index (χ4v) is 7.49. The molecule has 1 fully saturated rings. The van der Waals surface area contributed by atoms with Gasteiger partial charge >= 0.3 is 0 Å². The Bertz CT molecular complexity index is 1480. The summed E-state index contributed by atoms with van der Waals surface area (Å²) in [6, 6.07) is 0.356. The second-order valence-corrected chi connectivity index (χ2v) is 12.6. The Balaban J connectivity index is 1.64. The number of alkyl halides is 2. The van der Waals surface area contributed by atoms with Crippen LogP contribution in [0.2, 0.25) is 0 Å². The minimum atomic E-state index is -2.99. The molecule has 0 unspecified atom stereocenters. The van der Waals surface area contributed by atoms with Gasteiger partial charge < -0.3 is 36.2 Å². The number of hydrogen-bond acceptors (Lipinski definition) is 11.